The monoisotopic (exact) mass is 182 g/mol. The second-order valence-corrected chi connectivity index (χ2v) is 2.77. The maximum Gasteiger partial charge on any atom is 0.223 e. The van der Waals surface area contributed by atoms with Crippen molar-refractivity contribution in [2.75, 3.05) is 17.7 Å². The maximum absolute atomic E-state index is 8.90. The van der Waals surface area contributed by atoms with Crippen LogP contribution in [0.4, 0.5) is 11.6 Å². The summed E-state index contributed by atoms with van der Waals surface area (Å²) in [6.07, 6.45) is 3.88. The Hall–Kier alpha value is -1.36. The summed E-state index contributed by atoms with van der Waals surface area (Å²) in [5, 5.41) is 11.9. The molecule has 1 atom stereocenters. The van der Waals surface area contributed by atoms with Crippen molar-refractivity contribution in [1.82, 2.24) is 9.97 Å². The molecular formula is C8H14N4O. The summed E-state index contributed by atoms with van der Waals surface area (Å²) in [5.41, 5.74) is 5.95. The molecule has 0 saturated heterocycles. The summed E-state index contributed by atoms with van der Waals surface area (Å²) in [6.45, 7) is 2.05. The zero-order valence-electron chi connectivity index (χ0n) is 7.57. The molecule has 0 aliphatic carbocycles. The molecule has 72 valence electrons. The number of nitrogens with zero attached hydrogens (tertiary/aromatic N) is 2. The van der Waals surface area contributed by atoms with Gasteiger partial charge in [0.25, 0.3) is 0 Å². The fraction of sp³-hybridized carbons (Fsp3) is 0.500. The minimum atomic E-state index is 0.00336. The van der Waals surface area contributed by atoms with E-state index in [1.165, 1.54) is 12.4 Å². The molecule has 13 heavy (non-hydrogen) atoms. The van der Waals surface area contributed by atoms with Gasteiger partial charge in [-0.25, -0.2) is 9.97 Å². The van der Waals surface area contributed by atoms with Crippen LogP contribution in [0.1, 0.15) is 13.3 Å². The molecule has 5 nitrogen and oxygen atoms in total. The van der Waals surface area contributed by atoms with Crippen LogP contribution in [0, 0.1) is 0 Å². The molecule has 0 amide bonds. The number of rotatable bonds is 4. The number of aliphatic hydroxyl groups is 1. The Morgan fingerprint density at radius 2 is 2.15 bits per heavy atom. The van der Waals surface area contributed by atoms with Crippen molar-refractivity contribution >= 4 is 11.6 Å². The molecule has 0 aromatic carbocycles. The van der Waals surface area contributed by atoms with E-state index in [4.69, 9.17) is 10.8 Å². The van der Waals surface area contributed by atoms with Crippen LogP contribution in [0.5, 0.6) is 0 Å². The minimum Gasteiger partial charge on any atom is -0.396 e. The van der Waals surface area contributed by atoms with E-state index >= 15 is 0 Å². The zero-order chi connectivity index (χ0) is 9.68. The van der Waals surface area contributed by atoms with Crippen molar-refractivity contribution in [1.29, 1.82) is 0 Å². The van der Waals surface area contributed by atoms with Gasteiger partial charge in [-0.3, -0.25) is 0 Å². The fourth-order valence-corrected chi connectivity index (χ4v) is 0.872. The Morgan fingerprint density at radius 1 is 1.54 bits per heavy atom. The quantitative estimate of drug-likeness (QED) is 0.621. The first-order valence-electron chi connectivity index (χ1n) is 4.21. The molecule has 1 aromatic heterocycles. The molecule has 0 spiro atoms. The van der Waals surface area contributed by atoms with Gasteiger partial charge >= 0.3 is 0 Å². The van der Waals surface area contributed by atoms with Gasteiger partial charge in [-0.1, -0.05) is 6.92 Å². The SMILES string of the molecule is CCC(CO)Nc1ncc(N)cn1. The number of hydrogen-bond donors (Lipinski definition) is 3. The normalized spacial score (nSPS) is 12.5. The predicted molar refractivity (Wildman–Crippen MR) is 51.2 cm³/mol. The molecule has 0 aliphatic rings. The molecule has 4 N–H and O–H groups in total. The first-order chi connectivity index (χ1) is 6.26. The Balaban J connectivity index is 2.58. The highest BCUT2D eigenvalue weighted by Crippen LogP contribution is 2.03. The van der Waals surface area contributed by atoms with Gasteiger partial charge in [0.15, 0.2) is 0 Å². The lowest BCUT2D eigenvalue weighted by atomic mass is 10.2. The first kappa shape index (κ1) is 9.73. The molecule has 1 aromatic rings. The van der Waals surface area contributed by atoms with Crippen LogP contribution < -0.4 is 11.1 Å². The van der Waals surface area contributed by atoms with Crippen LogP contribution in [0.2, 0.25) is 0 Å². The lowest BCUT2D eigenvalue weighted by Crippen LogP contribution is -2.23. The molecule has 0 fully saturated rings. The van der Waals surface area contributed by atoms with Crippen molar-refractivity contribution in [2.24, 2.45) is 0 Å². The maximum atomic E-state index is 8.90. The standard InChI is InChI=1S/C8H14N4O/c1-2-7(5-13)12-8-10-3-6(9)4-11-8/h3-4,7,13H,2,5,9H2,1H3,(H,10,11,12). The number of nitrogen functional groups attached to an aromatic ring is 1. The number of anilines is 2. The largest absolute Gasteiger partial charge is 0.396 e. The highest BCUT2D eigenvalue weighted by Gasteiger charge is 2.04. The number of aliphatic hydroxyl groups excluding tert-OH is 1. The van der Waals surface area contributed by atoms with Gasteiger partial charge in [-0.15, -0.1) is 0 Å². The van der Waals surface area contributed by atoms with E-state index in [1.807, 2.05) is 6.92 Å². The Labute approximate surface area is 77.0 Å². The lowest BCUT2D eigenvalue weighted by molar-refractivity contribution is 0.271. The molecule has 0 aliphatic heterocycles. The Kier molecular flexibility index (Phi) is 3.45. The van der Waals surface area contributed by atoms with E-state index in [0.717, 1.165) is 6.42 Å². The van der Waals surface area contributed by atoms with Gasteiger partial charge in [0.2, 0.25) is 5.95 Å². The second kappa shape index (κ2) is 4.61. The molecule has 0 saturated carbocycles. The summed E-state index contributed by atoms with van der Waals surface area (Å²) < 4.78 is 0. The third-order valence-corrected chi connectivity index (χ3v) is 1.72. The second-order valence-electron chi connectivity index (χ2n) is 2.77. The summed E-state index contributed by atoms with van der Waals surface area (Å²) >= 11 is 0. The molecule has 5 heteroatoms. The number of nitrogens with two attached hydrogens (primary N) is 1. The van der Waals surface area contributed by atoms with E-state index in [2.05, 4.69) is 15.3 Å². The van der Waals surface area contributed by atoms with E-state index < -0.39 is 0 Å². The van der Waals surface area contributed by atoms with E-state index in [-0.39, 0.29) is 12.6 Å². The van der Waals surface area contributed by atoms with Crippen molar-refractivity contribution in [3.8, 4) is 0 Å². The van der Waals surface area contributed by atoms with Gasteiger partial charge in [0.05, 0.1) is 30.7 Å². The minimum absolute atomic E-state index is 0.00336. The van der Waals surface area contributed by atoms with Crippen LogP contribution in [0.15, 0.2) is 12.4 Å². The highest BCUT2D eigenvalue weighted by atomic mass is 16.3. The number of aromatic nitrogens is 2. The third-order valence-electron chi connectivity index (χ3n) is 1.72. The van der Waals surface area contributed by atoms with Crippen LogP contribution in [0.3, 0.4) is 0 Å². The topological polar surface area (TPSA) is 84.1 Å². The molecule has 0 radical (unpaired) electrons. The first-order valence-corrected chi connectivity index (χ1v) is 4.21. The van der Waals surface area contributed by atoms with Gasteiger partial charge in [0, 0.05) is 0 Å². The average Bonchev–Trinajstić information content (AvgIpc) is 2.17. The molecule has 1 unspecified atom stereocenters. The van der Waals surface area contributed by atoms with E-state index in [9.17, 15) is 0 Å². The lowest BCUT2D eigenvalue weighted by Gasteiger charge is -2.13. The average molecular weight is 182 g/mol. The van der Waals surface area contributed by atoms with Crippen LogP contribution in [-0.4, -0.2) is 27.7 Å². The smallest absolute Gasteiger partial charge is 0.223 e. The van der Waals surface area contributed by atoms with Gasteiger partial charge in [-0.05, 0) is 6.42 Å². The molecule has 1 heterocycles. The summed E-state index contributed by atoms with van der Waals surface area (Å²) in [5.74, 6) is 0.495. The summed E-state index contributed by atoms with van der Waals surface area (Å²) in [7, 11) is 0. The zero-order valence-corrected chi connectivity index (χ0v) is 7.57. The van der Waals surface area contributed by atoms with Crippen LogP contribution in [0.25, 0.3) is 0 Å². The molecular weight excluding hydrogens is 168 g/mol. The molecule has 0 bridgehead atoms. The summed E-state index contributed by atoms with van der Waals surface area (Å²) in [6, 6.07) is 0.00336. The van der Waals surface area contributed by atoms with Crippen molar-refractivity contribution in [3.05, 3.63) is 12.4 Å². The van der Waals surface area contributed by atoms with Gasteiger partial charge in [-0.2, -0.15) is 0 Å². The molecule has 1 rings (SSSR count). The van der Waals surface area contributed by atoms with Crippen molar-refractivity contribution in [3.63, 3.8) is 0 Å². The van der Waals surface area contributed by atoms with Crippen molar-refractivity contribution in [2.45, 2.75) is 19.4 Å². The summed E-state index contributed by atoms with van der Waals surface area (Å²) in [4.78, 5) is 7.91. The highest BCUT2D eigenvalue weighted by molar-refractivity contribution is 5.36. The fourth-order valence-electron chi connectivity index (χ4n) is 0.872. The third kappa shape index (κ3) is 2.87. The Morgan fingerprint density at radius 3 is 2.62 bits per heavy atom. The predicted octanol–water partition coefficient (Wildman–Crippen LogP) is 0.242. The van der Waals surface area contributed by atoms with Crippen LogP contribution in [-0.2, 0) is 0 Å². The van der Waals surface area contributed by atoms with Crippen LogP contribution >= 0.6 is 0 Å². The Bertz CT molecular complexity index is 245. The van der Waals surface area contributed by atoms with Gasteiger partial charge in [0.1, 0.15) is 0 Å². The van der Waals surface area contributed by atoms with E-state index in [1.54, 1.807) is 0 Å². The number of hydrogen-bond acceptors (Lipinski definition) is 5. The van der Waals surface area contributed by atoms with Crippen molar-refractivity contribution < 1.29 is 5.11 Å². The number of nitrogens with one attached hydrogen (secondary N) is 1. The van der Waals surface area contributed by atoms with E-state index in [0.29, 0.717) is 11.6 Å². The van der Waals surface area contributed by atoms with Gasteiger partial charge < -0.3 is 16.2 Å².